The molecule has 0 spiro atoms. The molecule has 0 saturated carbocycles. The highest BCUT2D eigenvalue weighted by Gasteiger charge is 2.18. The van der Waals surface area contributed by atoms with E-state index in [0.29, 0.717) is 28.5 Å². The van der Waals surface area contributed by atoms with Gasteiger partial charge in [-0.3, -0.25) is 9.59 Å². The molecule has 3 aromatic carbocycles. The van der Waals surface area contributed by atoms with E-state index in [9.17, 15) is 9.59 Å². The monoisotopic (exact) mass is 405 g/mol. The van der Waals surface area contributed by atoms with E-state index < -0.39 is 6.10 Å². The second kappa shape index (κ2) is 9.60. The maximum Gasteiger partial charge on any atom is 0.265 e. The minimum Gasteiger partial charge on any atom is -0.493 e. The highest BCUT2D eigenvalue weighted by atomic mass is 16.5. The van der Waals surface area contributed by atoms with E-state index in [1.165, 1.54) is 14.0 Å². The minimum absolute atomic E-state index is 0.0784. The van der Waals surface area contributed by atoms with Crippen molar-refractivity contribution < 1.29 is 23.8 Å². The topological polar surface area (TPSA) is 73.9 Å². The maximum absolute atomic E-state index is 12.5. The van der Waals surface area contributed by atoms with Crippen LogP contribution in [0.5, 0.6) is 23.0 Å². The van der Waals surface area contributed by atoms with Crippen LogP contribution in [0.2, 0.25) is 0 Å². The smallest absolute Gasteiger partial charge is 0.265 e. The zero-order valence-electron chi connectivity index (χ0n) is 17.0. The Bertz CT molecular complexity index is 1020. The summed E-state index contributed by atoms with van der Waals surface area (Å²) >= 11 is 0. The van der Waals surface area contributed by atoms with Crippen LogP contribution in [0.15, 0.2) is 72.8 Å². The van der Waals surface area contributed by atoms with Crippen LogP contribution in [0.1, 0.15) is 24.2 Å². The van der Waals surface area contributed by atoms with Gasteiger partial charge in [-0.25, -0.2) is 0 Å². The second-order valence-corrected chi connectivity index (χ2v) is 6.61. The molecule has 30 heavy (non-hydrogen) atoms. The summed E-state index contributed by atoms with van der Waals surface area (Å²) in [5, 5.41) is 2.81. The van der Waals surface area contributed by atoms with Gasteiger partial charge in [0.05, 0.1) is 7.11 Å². The highest BCUT2D eigenvalue weighted by molar-refractivity contribution is 5.95. The van der Waals surface area contributed by atoms with Crippen LogP contribution in [-0.4, -0.2) is 24.9 Å². The second-order valence-electron chi connectivity index (χ2n) is 6.61. The van der Waals surface area contributed by atoms with E-state index in [2.05, 4.69) is 5.32 Å². The van der Waals surface area contributed by atoms with Gasteiger partial charge < -0.3 is 19.5 Å². The van der Waals surface area contributed by atoms with Gasteiger partial charge in [0.15, 0.2) is 23.4 Å². The molecule has 3 rings (SSSR count). The first-order chi connectivity index (χ1) is 14.5. The number of carbonyl (C=O) groups is 2. The molecule has 1 atom stereocenters. The molecule has 0 aliphatic carbocycles. The first-order valence-corrected chi connectivity index (χ1v) is 9.45. The molecule has 0 radical (unpaired) electrons. The van der Waals surface area contributed by atoms with Crippen molar-refractivity contribution in [3.8, 4) is 23.0 Å². The predicted octanol–water partition coefficient (Wildman–Crippen LogP) is 5.10. The Morgan fingerprint density at radius 3 is 2.17 bits per heavy atom. The molecule has 6 nitrogen and oxygen atoms in total. The molecule has 0 unspecified atom stereocenters. The van der Waals surface area contributed by atoms with E-state index in [1.807, 2.05) is 30.3 Å². The number of hydrogen-bond acceptors (Lipinski definition) is 5. The number of methoxy groups -OCH3 is 1. The molecule has 154 valence electrons. The van der Waals surface area contributed by atoms with Crippen molar-refractivity contribution >= 4 is 17.4 Å². The summed E-state index contributed by atoms with van der Waals surface area (Å²) in [6.45, 7) is 3.11. The molecule has 1 N–H and O–H groups in total. The third-order valence-corrected chi connectivity index (χ3v) is 4.34. The number of ketones is 1. The van der Waals surface area contributed by atoms with Gasteiger partial charge in [-0.1, -0.05) is 18.2 Å². The number of nitrogens with one attached hydrogen (secondary N) is 1. The fourth-order valence-corrected chi connectivity index (χ4v) is 2.70. The summed E-state index contributed by atoms with van der Waals surface area (Å²) in [7, 11) is 1.48. The van der Waals surface area contributed by atoms with Gasteiger partial charge in [-0.15, -0.1) is 0 Å². The largest absolute Gasteiger partial charge is 0.493 e. The quantitative estimate of drug-likeness (QED) is 0.528. The number of Topliss-reactive ketones (excluding diaryl/α,β-unsaturated/α-hetero) is 1. The summed E-state index contributed by atoms with van der Waals surface area (Å²) in [6.07, 6.45) is -0.776. The van der Waals surface area contributed by atoms with Crippen LogP contribution in [-0.2, 0) is 4.79 Å². The van der Waals surface area contributed by atoms with Crippen LogP contribution < -0.4 is 19.5 Å². The Morgan fingerprint density at radius 2 is 1.53 bits per heavy atom. The van der Waals surface area contributed by atoms with E-state index in [1.54, 1.807) is 49.4 Å². The van der Waals surface area contributed by atoms with Crippen LogP contribution >= 0.6 is 0 Å². The average Bonchev–Trinajstić information content (AvgIpc) is 2.76. The Hall–Kier alpha value is -3.80. The first kappa shape index (κ1) is 20.9. The molecule has 3 aromatic rings. The third kappa shape index (κ3) is 5.38. The molecule has 0 aliphatic rings. The van der Waals surface area contributed by atoms with Gasteiger partial charge in [-0.05, 0) is 68.4 Å². The lowest BCUT2D eigenvalue weighted by Gasteiger charge is -2.17. The number of ether oxygens (including phenoxy) is 3. The number of hydrogen-bond donors (Lipinski definition) is 1. The SMILES string of the molecule is COc1cc(C(C)=O)ccc1O[C@H](C)C(=O)Nc1ccc(Oc2ccccc2)cc1. The molecule has 6 heteroatoms. The van der Waals surface area contributed by atoms with Gasteiger partial charge in [-0.2, -0.15) is 0 Å². The number of benzene rings is 3. The van der Waals surface area contributed by atoms with Crippen molar-refractivity contribution in [2.75, 3.05) is 12.4 Å². The molecular weight excluding hydrogens is 382 g/mol. The van der Waals surface area contributed by atoms with Gasteiger partial charge in [0, 0.05) is 11.3 Å². The standard InChI is InChI=1S/C24H23NO5/c1-16(26)18-9-14-22(23(15-18)28-3)29-17(2)24(27)25-19-10-12-21(13-11-19)30-20-7-5-4-6-8-20/h4-15,17H,1-3H3,(H,25,27)/t17-/m1/s1. The number of carbonyl (C=O) groups excluding carboxylic acids is 2. The fourth-order valence-electron chi connectivity index (χ4n) is 2.70. The van der Waals surface area contributed by atoms with Crippen LogP contribution in [0, 0.1) is 0 Å². The van der Waals surface area contributed by atoms with Crippen LogP contribution in [0.4, 0.5) is 5.69 Å². The Kier molecular flexibility index (Phi) is 6.70. The van der Waals surface area contributed by atoms with Gasteiger partial charge in [0.1, 0.15) is 11.5 Å². The summed E-state index contributed by atoms with van der Waals surface area (Å²) < 4.78 is 16.8. The zero-order chi connectivity index (χ0) is 21.5. The van der Waals surface area contributed by atoms with Crippen molar-refractivity contribution in [1.29, 1.82) is 0 Å². The lowest BCUT2D eigenvalue weighted by Crippen LogP contribution is -2.30. The first-order valence-electron chi connectivity index (χ1n) is 9.45. The van der Waals surface area contributed by atoms with E-state index in [-0.39, 0.29) is 11.7 Å². The summed E-state index contributed by atoms with van der Waals surface area (Å²) in [5.41, 5.74) is 1.13. The van der Waals surface area contributed by atoms with Crippen molar-refractivity contribution in [1.82, 2.24) is 0 Å². The zero-order valence-corrected chi connectivity index (χ0v) is 17.0. The van der Waals surface area contributed by atoms with Crippen molar-refractivity contribution in [2.24, 2.45) is 0 Å². The fraction of sp³-hybridized carbons (Fsp3) is 0.167. The number of anilines is 1. The van der Waals surface area contributed by atoms with Gasteiger partial charge in [0.25, 0.3) is 5.91 Å². The molecule has 0 bridgehead atoms. The molecule has 1 amide bonds. The van der Waals surface area contributed by atoms with Gasteiger partial charge >= 0.3 is 0 Å². The maximum atomic E-state index is 12.5. The lowest BCUT2D eigenvalue weighted by molar-refractivity contribution is -0.122. The van der Waals surface area contributed by atoms with Crippen molar-refractivity contribution in [3.05, 3.63) is 78.4 Å². The van der Waals surface area contributed by atoms with E-state index in [0.717, 1.165) is 5.75 Å². The van der Waals surface area contributed by atoms with Crippen LogP contribution in [0.3, 0.4) is 0 Å². The number of amides is 1. The molecule has 0 aromatic heterocycles. The Labute approximate surface area is 175 Å². The molecular formula is C24H23NO5. The van der Waals surface area contributed by atoms with E-state index >= 15 is 0 Å². The van der Waals surface area contributed by atoms with Crippen molar-refractivity contribution in [3.63, 3.8) is 0 Å². The van der Waals surface area contributed by atoms with E-state index in [4.69, 9.17) is 14.2 Å². The Morgan fingerprint density at radius 1 is 0.867 bits per heavy atom. The van der Waals surface area contributed by atoms with Crippen LogP contribution in [0.25, 0.3) is 0 Å². The predicted molar refractivity (Wildman–Crippen MR) is 115 cm³/mol. The molecule has 0 fully saturated rings. The number of rotatable bonds is 8. The molecule has 0 saturated heterocycles. The Balaban J connectivity index is 1.61. The van der Waals surface area contributed by atoms with Crippen molar-refractivity contribution in [2.45, 2.75) is 20.0 Å². The minimum atomic E-state index is -0.776. The summed E-state index contributed by atoms with van der Waals surface area (Å²) in [5.74, 6) is 1.79. The third-order valence-electron chi connectivity index (χ3n) is 4.34. The summed E-state index contributed by atoms with van der Waals surface area (Å²) in [4.78, 5) is 24.0. The highest BCUT2D eigenvalue weighted by Crippen LogP contribution is 2.29. The summed E-state index contributed by atoms with van der Waals surface area (Å²) in [6, 6.07) is 21.4. The lowest BCUT2D eigenvalue weighted by atomic mass is 10.1. The molecule has 0 aliphatic heterocycles. The van der Waals surface area contributed by atoms with Gasteiger partial charge in [0.2, 0.25) is 0 Å². The molecule has 0 heterocycles. The average molecular weight is 405 g/mol. The number of para-hydroxylation sites is 1. The normalized spacial score (nSPS) is 11.3.